The fraction of sp³-hybridized carbons (Fsp3) is 0.875. The van der Waals surface area contributed by atoms with E-state index in [0.717, 1.165) is 6.42 Å². The lowest BCUT2D eigenvalue weighted by Gasteiger charge is -2.20. The van der Waals surface area contributed by atoms with Crippen LogP contribution in [0.15, 0.2) is 0 Å². The Labute approximate surface area is 77.8 Å². The van der Waals surface area contributed by atoms with E-state index in [1.54, 1.807) is 0 Å². The molecule has 0 spiro atoms. The highest BCUT2D eigenvalue weighted by molar-refractivity contribution is 5.86. The second-order valence-electron chi connectivity index (χ2n) is 3.36. The molecule has 13 heavy (non-hydrogen) atoms. The van der Waals surface area contributed by atoms with Crippen LogP contribution in [0.1, 0.15) is 12.8 Å². The van der Waals surface area contributed by atoms with Gasteiger partial charge in [-0.3, -0.25) is 4.79 Å². The maximum atomic E-state index is 11.5. The van der Waals surface area contributed by atoms with Crippen LogP contribution in [-0.4, -0.2) is 37.7 Å². The van der Waals surface area contributed by atoms with E-state index in [2.05, 4.69) is 5.32 Å². The Morgan fingerprint density at radius 3 is 2.92 bits per heavy atom. The summed E-state index contributed by atoms with van der Waals surface area (Å²) in [7, 11) is 0. The zero-order valence-corrected chi connectivity index (χ0v) is 7.71. The van der Waals surface area contributed by atoms with Crippen molar-refractivity contribution >= 4 is 5.91 Å². The molecule has 1 atom stereocenters. The summed E-state index contributed by atoms with van der Waals surface area (Å²) in [5.74, 6) is -0.126. The van der Waals surface area contributed by atoms with E-state index in [4.69, 9.17) is 16.2 Å². The molecule has 1 fully saturated rings. The molecule has 0 bridgehead atoms. The van der Waals surface area contributed by atoms with Gasteiger partial charge >= 0.3 is 0 Å². The largest absolute Gasteiger partial charge is 0.379 e. The van der Waals surface area contributed by atoms with Crippen molar-refractivity contribution in [3.8, 4) is 0 Å². The van der Waals surface area contributed by atoms with Crippen LogP contribution >= 0.6 is 0 Å². The number of carbonyl (C=O) groups is 1. The lowest BCUT2D eigenvalue weighted by atomic mass is 9.99. The highest BCUT2D eigenvalue weighted by Gasteiger charge is 2.37. The summed E-state index contributed by atoms with van der Waals surface area (Å²) in [6.45, 7) is 2.06. The molecule has 0 saturated carbocycles. The van der Waals surface area contributed by atoms with Crippen LogP contribution in [0, 0.1) is 0 Å². The predicted molar refractivity (Wildman–Crippen MR) is 49.0 cm³/mol. The molecule has 5 N–H and O–H groups in total. The number of rotatable bonds is 4. The zero-order valence-electron chi connectivity index (χ0n) is 7.71. The first kappa shape index (κ1) is 10.4. The molecule has 0 radical (unpaired) electrons. The third-order valence-corrected chi connectivity index (χ3v) is 2.17. The van der Waals surface area contributed by atoms with E-state index < -0.39 is 5.54 Å². The topological polar surface area (TPSA) is 90.4 Å². The highest BCUT2D eigenvalue weighted by atomic mass is 16.5. The number of hydrogen-bond acceptors (Lipinski definition) is 4. The Kier molecular flexibility index (Phi) is 3.65. The van der Waals surface area contributed by atoms with Crippen LogP contribution in [0.25, 0.3) is 0 Å². The van der Waals surface area contributed by atoms with Crippen LogP contribution < -0.4 is 16.8 Å². The van der Waals surface area contributed by atoms with Crippen molar-refractivity contribution < 1.29 is 9.53 Å². The third-order valence-electron chi connectivity index (χ3n) is 2.17. The van der Waals surface area contributed by atoms with Gasteiger partial charge in [0.2, 0.25) is 5.91 Å². The summed E-state index contributed by atoms with van der Waals surface area (Å²) in [5, 5.41) is 2.74. The van der Waals surface area contributed by atoms with Crippen molar-refractivity contribution in [2.45, 2.75) is 18.4 Å². The van der Waals surface area contributed by atoms with Crippen molar-refractivity contribution in [2.75, 3.05) is 26.3 Å². The van der Waals surface area contributed by atoms with Crippen molar-refractivity contribution in [1.82, 2.24) is 5.32 Å². The molecule has 1 saturated heterocycles. The van der Waals surface area contributed by atoms with Crippen molar-refractivity contribution in [2.24, 2.45) is 11.5 Å². The number of nitrogens with two attached hydrogens (primary N) is 2. The summed E-state index contributed by atoms with van der Waals surface area (Å²) in [6, 6.07) is 0. The molecule has 1 heterocycles. The molecule has 5 nitrogen and oxygen atoms in total. The Morgan fingerprint density at radius 1 is 1.62 bits per heavy atom. The first-order valence-corrected chi connectivity index (χ1v) is 4.54. The Morgan fingerprint density at radius 2 is 2.38 bits per heavy atom. The van der Waals surface area contributed by atoms with Crippen LogP contribution in [0.5, 0.6) is 0 Å². The lowest BCUT2D eigenvalue weighted by molar-refractivity contribution is -0.126. The fourth-order valence-corrected chi connectivity index (χ4v) is 1.24. The van der Waals surface area contributed by atoms with Crippen molar-refractivity contribution in [3.05, 3.63) is 0 Å². The smallest absolute Gasteiger partial charge is 0.242 e. The van der Waals surface area contributed by atoms with E-state index in [-0.39, 0.29) is 5.91 Å². The average molecular weight is 187 g/mol. The Balaban J connectivity index is 2.29. The Bertz CT molecular complexity index is 178. The average Bonchev–Trinajstić information content (AvgIpc) is 2.54. The van der Waals surface area contributed by atoms with Gasteiger partial charge in [-0.15, -0.1) is 0 Å². The number of hydrogen-bond donors (Lipinski definition) is 3. The molecule has 1 aliphatic heterocycles. The number of ether oxygens (including phenoxy) is 1. The van der Waals surface area contributed by atoms with Gasteiger partial charge in [0.25, 0.3) is 0 Å². The summed E-state index contributed by atoms with van der Waals surface area (Å²) in [6.07, 6.45) is 1.38. The van der Waals surface area contributed by atoms with E-state index in [1.165, 1.54) is 0 Å². The van der Waals surface area contributed by atoms with Crippen LogP contribution in [0.3, 0.4) is 0 Å². The standard InChI is InChI=1S/C8H17N3O2/c9-3-1-4-11-7(12)8(10)2-5-13-6-8/h1-6,9-10H2,(H,11,12). The third kappa shape index (κ3) is 2.65. The van der Waals surface area contributed by atoms with E-state index in [1.807, 2.05) is 0 Å². The molecule has 76 valence electrons. The monoisotopic (exact) mass is 187 g/mol. The minimum atomic E-state index is -0.811. The van der Waals surface area contributed by atoms with Gasteiger partial charge in [0.1, 0.15) is 5.54 Å². The van der Waals surface area contributed by atoms with Gasteiger partial charge in [0.05, 0.1) is 6.61 Å². The van der Waals surface area contributed by atoms with Gasteiger partial charge < -0.3 is 21.5 Å². The zero-order chi connectivity index (χ0) is 9.73. The van der Waals surface area contributed by atoms with Gasteiger partial charge in [0, 0.05) is 13.2 Å². The minimum Gasteiger partial charge on any atom is -0.379 e. The second kappa shape index (κ2) is 4.55. The lowest BCUT2D eigenvalue weighted by Crippen LogP contribution is -2.54. The molecule has 5 heteroatoms. The Hall–Kier alpha value is -0.650. The second-order valence-corrected chi connectivity index (χ2v) is 3.36. The highest BCUT2D eigenvalue weighted by Crippen LogP contribution is 2.14. The van der Waals surface area contributed by atoms with Crippen LogP contribution in [-0.2, 0) is 9.53 Å². The summed E-state index contributed by atoms with van der Waals surface area (Å²) >= 11 is 0. The van der Waals surface area contributed by atoms with Crippen LogP contribution in [0.2, 0.25) is 0 Å². The van der Waals surface area contributed by atoms with Gasteiger partial charge in [0.15, 0.2) is 0 Å². The maximum absolute atomic E-state index is 11.5. The predicted octanol–water partition coefficient (Wildman–Crippen LogP) is -1.43. The molecule has 0 aromatic heterocycles. The summed E-state index contributed by atoms with van der Waals surface area (Å²) in [4.78, 5) is 11.5. The molecular formula is C8H17N3O2. The first-order chi connectivity index (χ1) is 6.19. The quantitative estimate of drug-likeness (QED) is 0.471. The van der Waals surface area contributed by atoms with Gasteiger partial charge in [-0.25, -0.2) is 0 Å². The van der Waals surface area contributed by atoms with Gasteiger partial charge in [-0.05, 0) is 19.4 Å². The van der Waals surface area contributed by atoms with Crippen molar-refractivity contribution in [3.63, 3.8) is 0 Å². The number of nitrogens with one attached hydrogen (secondary N) is 1. The maximum Gasteiger partial charge on any atom is 0.242 e. The first-order valence-electron chi connectivity index (χ1n) is 4.54. The number of amides is 1. The van der Waals surface area contributed by atoms with Crippen LogP contribution in [0.4, 0.5) is 0 Å². The molecule has 0 aliphatic carbocycles. The molecular weight excluding hydrogens is 170 g/mol. The SMILES string of the molecule is NCCCNC(=O)C1(N)CCOC1. The van der Waals surface area contributed by atoms with Gasteiger partial charge in [-0.2, -0.15) is 0 Å². The normalized spacial score (nSPS) is 27.5. The van der Waals surface area contributed by atoms with E-state index in [9.17, 15) is 4.79 Å². The molecule has 1 amide bonds. The molecule has 0 aromatic carbocycles. The molecule has 1 rings (SSSR count). The summed E-state index contributed by atoms with van der Waals surface area (Å²) in [5.41, 5.74) is 10.3. The van der Waals surface area contributed by atoms with Crippen molar-refractivity contribution in [1.29, 1.82) is 0 Å². The minimum absolute atomic E-state index is 0.126. The fourth-order valence-electron chi connectivity index (χ4n) is 1.24. The summed E-state index contributed by atoms with van der Waals surface area (Å²) < 4.78 is 5.08. The van der Waals surface area contributed by atoms with E-state index >= 15 is 0 Å². The number of carbonyl (C=O) groups excluding carboxylic acids is 1. The van der Waals surface area contributed by atoms with E-state index in [0.29, 0.717) is 32.7 Å². The molecule has 1 unspecified atom stereocenters. The van der Waals surface area contributed by atoms with Gasteiger partial charge in [-0.1, -0.05) is 0 Å². The molecule has 0 aromatic rings. The molecule has 1 aliphatic rings.